The molecular formula is C20H18N4O. The molecule has 4 rings (SSSR count). The largest absolute Gasteiger partial charge is 0.345 e. The Kier molecular flexibility index (Phi) is 4.21. The standard InChI is InChI=1S/C20H18N4O/c25-20(24-18-7-3-5-14-4-1-2-6-17(14)18)16-12-22-19(23-13-16)15-8-10-21-11-9-15/h1-2,4,6,8-13,18H,3,5,7H2,(H,24,25)/t18-/m1/s1. The highest BCUT2D eigenvalue weighted by atomic mass is 16.1. The van der Waals surface area contributed by atoms with Crippen LogP contribution in [0.3, 0.4) is 0 Å². The third-order valence-electron chi connectivity index (χ3n) is 4.53. The summed E-state index contributed by atoms with van der Waals surface area (Å²) in [5.74, 6) is 0.449. The Balaban J connectivity index is 1.51. The number of aromatic nitrogens is 3. The molecule has 1 N–H and O–H groups in total. The van der Waals surface area contributed by atoms with E-state index in [1.807, 2.05) is 18.2 Å². The topological polar surface area (TPSA) is 67.8 Å². The van der Waals surface area contributed by atoms with Gasteiger partial charge in [0.15, 0.2) is 5.82 Å². The molecule has 3 aromatic rings. The van der Waals surface area contributed by atoms with E-state index in [0.29, 0.717) is 11.4 Å². The van der Waals surface area contributed by atoms with Crippen molar-refractivity contribution in [2.45, 2.75) is 25.3 Å². The Morgan fingerprint density at radius 2 is 1.80 bits per heavy atom. The lowest BCUT2D eigenvalue weighted by Gasteiger charge is -2.26. The van der Waals surface area contributed by atoms with Crippen molar-refractivity contribution in [2.75, 3.05) is 0 Å². The molecule has 0 radical (unpaired) electrons. The van der Waals surface area contributed by atoms with Crippen LogP contribution in [0.1, 0.15) is 40.4 Å². The summed E-state index contributed by atoms with van der Waals surface area (Å²) in [7, 11) is 0. The number of carbonyl (C=O) groups excluding carboxylic acids is 1. The number of hydrogen-bond donors (Lipinski definition) is 1. The third kappa shape index (κ3) is 3.26. The van der Waals surface area contributed by atoms with Crippen molar-refractivity contribution in [3.05, 3.63) is 77.9 Å². The molecule has 124 valence electrons. The van der Waals surface area contributed by atoms with Crippen molar-refractivity contribution in [1.82, 2.24) is 20.3 Å². The zero-order valence-corrected chi connectivity index (χ0v) is 13.7. The Morgan fingerprint density at radius 3 is 2.60 bits per heavy atom. The zero-order valence-electron chi connectivity index (χ0n) is 13.7. The maximum absolute atomic E-state index is 12.6. The van der Waals surface area contributed by atoms with Gasteiger partial charge in [0.2, 0.25) is 0 Å². The van der Waals surface area contributed by atoms with Gasteiger partial charge >= 0.3 is 0 Å². The van der Waals surface area contributed by atoms with Gasteiger partial charge in [0.25, 0.3) is 5.91 Å². The number of nitrogens with one attached hydrogen (secondary N) is 1. The summed E-state index contributed by atoms with van der Waals surface area (Å²) in [6.45, 7) is 0. The summed E-state index contributed by atoms with van der Waals surface area (Å²) in [4.78, 5) is 25.2. The fraction of sp³-hybridized carbons (Fsp3) is 0.200. The maximum Gasteiger partial charge on any atom is 0.254 e. The molecule has 0 unspecified atom stereocenters. The Morgan fingerprint density at radius 1 is 1.04 bits per heavy atom. The smallest absolute Gasteiger partial charge is 0.254 e. The molecule has 0 fully saturated rings. The Labute approximate surface area is 146 Å². The minimum absolute atomic E-state index is 0.0531. The fourth-order valence-electron chi connectivity index (χ4n) is 3.24. The number of amides is 1. The van der Waals surface area contributed by atoms with Crippen LogP contribution in [0.15, 0.2) is 61.2 Å². The number of aryl methyl sites for hydroxylation is 1. The number of carbonyl (C=O) groups is 1. The molecular weight excluding hydrogens is 312 g/mol. The van der Waals surface area contributed by atoms with Crippen molar-refractivity contribution in [1.29, 1.82) is 0 Å². The number of nitrogens with zero attached hydrogens (tertiary/aromatic N) is 3. The van der Waals surface area contributed by atoms with Gasteiger partial charge < -0.3 is 5.32 Å². The van der Waals surface area contributed by atoms with Gasteiger partial charge in [-0.05, 0) is 42.5 Å². The first-order valence-corrected chi connectivity index (χ1v) is 8.42. The summed E-state index contributed by atoms with van der Waals surface area (Å²) < 4.78 is 0. The molecule has 5 heteroatoms. The van der Waals surface area contributed by atoms with E-state index in [2.05, 4.69) is 38.5 Å². The second kappa shape index (κ2) is 6.81. The minimum Gasteiger partial charge on any atom is -0.345 e. The fourth-order valence-corrected chi connectivity index (χ4v) is 3.24. The summed E-state index contributed by atoms with van der Waals surface area (Å²) >= 11 is 0. The first-order chi connectivity index (χ1) is 12.3. The van der Waals surface area contributed by atoms with E-state index in [1.54, 1.807) is 24.8 Å². The second-order valence-corrected chi connectivity index (χ2v) is 6.15. The highest BCUT2D eigenvalue weighted by molar-refractivity contribution is 5.94. The monoisotopic (exact) mass is 330 g/mol. The lowest BCUT2D eigenvalue weighted by Crippen LogP contribution is -2.31. The second-order valence-electron chi connectivity index (χ2n) is 6.15. The lowest BCUT2D eigenvalue weighted by molar-refractivity contribution is 0.0932. The third-order valence-corrected chi connectivity index (χ3v) is 4.53. The lowest BCUT2D eigenvalue weighted by atomic mass is 9.87. The van der Waals surface area contributed by atoms with Gasteiger partial charge in [-0.15, -0.1) is 0 Å². The zero-order chi connectivity index (χ0) is 17.1. The Hall–Kier alpha value is -3.08. The van der Waals surface area contributed by atoms with E-state index in [-0.39, 0.29) is 11.9 Å². The van der Waals surface area contributed by atoms with Crippen molar-refractivity contribution >= 4 is 5.91 Å². The number of hydrogen-bond acceptors (Lipinski definition) is 4. The molecule has 2 heterocycles. The van der Waals surface area contributed by atoms with Crippen molar-refractivity contribution in [2.24, 2.45) is 0 Å². The van der Waals surface area contributed by atoms with Gasteiger partial charge in [0.05, 0.1) is 11.6 Å². The minimum atomic E-state index is -0.136. The van der Waals surface area contributed by atoms with E-state index >= 15 is 0 Å². The molecule has 5 nitrogen and oxygen atoms in total. The van der Waals surface area contributed by atoms with Crippen LogP contribution in [0, 0.1) is 0 Å². The van der Waals surface area contributed by atoms with E-state index in [4.69, 9.17) is 0 Å². The van der Waals surface area contributed by atoms with Crippen molar-refractivity contribution in [3.63, 3.8) is 0 Å². The van der Waals surface area contributed by atoms with E-state index in [9.17, 15) is 4.79 Å². The van der Waals surface area contributed by atoms with Crippen LogP contribution in [-0.4, -0.2) is 20.9 Å². The first kappa shape index (κ1) is 15.4. The average Bonchev–Trinajstić information content (AvgIpc) is 2.69. The molecule has 1 aliphatic rings. The summed E-state index contributed by atoms with van der Waals surface area (Å²) in [5.41, 5.74) is 3.89. The summed E-state index contributed by atoms with van der Waals surface area (Å²) in [5, 5.41) is 3.12. The number of fused-ring (bicyclic) bond motifs is 1. The van der Waals surface area contributed by atoms with Crippen LogP contribution in [0.4, 0.5) is 0 Å². The SMILES string of the molecule is O=C(N[C@@H]1CCCc2ccccc21)c1cnc(-c2ccncc2)nc1. The van der Waals surface area contributed by atoms with Crippen LogP contribution >= 0.6 is 0 Å². The average molecular weight is 330 g/mol. The molecule has 1 aromatic carbocycles. The molecule has 0 aliphatic heterocycles. The Bertz CT molecular complexity index is 878. The number of benzene rings is 1. The van der Waals surface area contributed by atoms with E-state index in [0.717, 1.165) is 24.8 Å². The van der Waals surface area contributed by atoms with Crippen molar-refractivity contribution < 1.29 is 4.79 Å². The molecule has 0 bridgehead atoms. The number of rotatable bonds is 3. The quantitative estimate of drug-likeness (QED) is 0.800. The highest BCUT2D eigenvalue weighted by Gasteiger charge is 2.22. The molecule has 2 aromatic heterocycles. The van der Waals surface area contributed by atoms with Gasteiger partial charge in [-0.1, -0.05) is 24.3 Å². The van der Waals surface area contributed by atoms with Crippen molar-refractivity contribution in [3.8, 4) is 11.4 Å². The van der Waals surface area contributed by atoms with Gasteiger partial charge in [-0.25, -0.2) is 9.97 Å². The molecule has 1 aliphatic carbocycles. The van der Waals surface area contributed by atoms with Crippen LogP contribution in [-0.2, 0) is 6.42 Å². The van der Waals surface area contributed by atoms with Gasteiger partial charge in [-0.2, -0.15) is 0 Å². The number of pyridine rings is 1. The maximum atomic E-state index is 12.6. The molecule has 1 atom stereocenters. The van der Waals surface area contributed by atoms with Crippen LogP contribution in [0.25, 0.3) is 11.4 Å². The molecule has 0 spiro atoms. The summed E-state index contributed by atoms with van der Waals surface area (Å²) in [6, 6.07) is 12.0. The van der Waals surface area contributed by atoms with Crippen LogP contribution < -0.4 is 5.32 Å². The first-order valence-electron chi connectivity index (χ1n) is 8.42. The highest BCUT2D eigenvalue weighted by Crippen LogP contribution is 2.29. The van der Waals surface area contributed by atoms with Gasteiger partial charge in [-0.3, -0.25) is 9.78 Å². The van der Waals surface area contributed by atoms with Crippen LogP contribution in [0.2, 0.25) is 0 Å². The molecule has 25 heavy (non-hydrogen) atoms. The van der Waals surface area contributed by atoms with Gasteiger partial charge in [0, 0.05) is 30.4 Å². The molecule has 0 saturated heterocycles. The van der Waals surface area contributed by atoms with Gasteiger partial charge in [0.1, 0.15) is 0 Å². The van der Waals surface area contributed by atoms with Crippen LogP contribution in [0.5, 0.6) is 0 Å². The predicted octanol–water partition coefficient (Wildman–Crippen LogP) is 3.35. The van der Waals surface area contributed by atoms with E-state index < -0.39 is 0 Å². The molecule has 0 saturated carbocycles. The van der Waals surface area contributed by atoms with E-state index in [1.165, 1.54) is 11.1 Å². The predicted molar refractivity (Wildman–Crippen MR) is 94.9 cm³/mol. The normalized spacial score (nSPS) is 16.1. The summed E-state index contributed by atoms with van der Waals surface area (Å²) in [6.07, 6.45) is 9.66. The molecule has 1 amide bonds.